The van der Waals surface area contributed by atoms with Gasteiger partial charge in [0.2, 0.25) is 5.91 Å². The van der Waals surface area contributed by atoms with Gasteiger partial charge in [-0.25, -0.2) is 8.78 Å². The summed E-state index contributed by atoms with van der Waals surface area (Å²) in [5, 5.41) is 2.16. The normalized spacial score (nSPS) is 16.4. The fraction of sp³-hybridized carbons (Fsp3) is 0.417. The van der Waals surface area contributed by atoms with Crippen LogP contribution in [0.2, 0.25) is 5.02 Å². The zero-order chi connectivity index (χ0) is 13.3. The van der Waals surface area contributed by atoms with Crippen molar-refractivity contribution in [2.45, 2.75) is 25.3 Å². The van der Waals surface area contributed by atoms with Crippen molar-refractivity contribution in [3.8, 4) is 0 Å². The van der Waals surface area contributed by atoms with Crippen molar-refractivity contribution in [1.29, 1.82) is 0 Å². The molecule has 3 nitrogen and oxygen atoms in total. The van der Waals surface area contributed by atoms with Gasteiger partial charge in [0.05, 0.1) is 10.7 Å². The van der Waals surface area contributed by atoms with Crippen molar-refractivity contribution in [3.05, 3.63) is 28.8 Å². The molecule has 0 radical (unpaired) electrons. The third-order valence-corrected chi connectivity index (χ3v) is 3.22. The molecule has 18 heavy (non-hydrogen) atoms. The quantitative estimate of drug-likeness (QED) is 0.887. The van der Waals surface area contributed by atoms with Crippen molar-refractivity contribution in [3.63, 3.8) is 0 Å². The number of amides is 1. The second-order valence-corrected chi connectivity index (χ2v) is 4.91. The van der Waals surface area contributed by atoms with Crippen LogP contribution in [0.1, 0.15) is 19.3 Å². The SMILES string of the molecule is NC(CC(=O)Nc1c(F)cc(F)cc1Cl)C1CC1. The molecular formula is C12H13ClF2N2O. The highest BCUT2D eigenvalue weighted by atomic mass is 35.5. The van der Waals surface area contributed by atoms with E-state index in [2.05, 4.69) is 5.32 Å². The van der Waals surface area contributed by atoms with Gasteiger partial charge in [-0.2, -0.15) is 0 Å². The summed E-state index contributed by atoms with van der Waals surface area (Å²) in [6, 6.07) is 1.40. The topological polar surface area (TPSA) is 55.1 Å². The number of nitrogens with one attached hydrogen (secondary N) is 1. The Kier molecular flexibility index (Phi) is 3.82. The van der Waals surface area contributed by atoms with Gasteiger partial charge in [-0.15, -0.1) is 0 Å². The van der Waals surface area contributed by atoms with E-state index in [0.717, 1.165) is 18.9 Å². The molecule has 1 saturated carbocycles. The maximum absolute atomic E-state index is 13.4. The Morgan fingerprint density at radius 1 is 1.50 bits per heavy atom. The van der Waals surface area contributed by atoms with Gasteiger partial charge < -0.3 is 11.1 Å². The van der Waals surface area contributed by atoms with Gasteiger partial charge in [-0.1, -0.05) is 11.6 Å². The minimum Gasteiger partial charge on any atom is -0.327 e. The smallest absolute Gasteiger partial charge is 0.226 e. The van der Waals surface area contributed by atoms with Gasteiger partial charge in [0.15, 0.2) is 5.82 Å². The molecule has 1 aliphatic carbocycles. The molecule has 98 valence electrons. The molecule has 0 spiro atoms. The molecule has 1 atom stereocenters. The van der Waals surface area contributed by atoms with Crippen LogP contribution in [-0.4, -0.2) is 11.9 Å². The number of nitrogens with two attached hydrogens (primary N) is 1. The largest absolute Gasteiger partial charge is 0.327 e. The summed E-state index contributed by atoms with van der Waals surface area (Å²) in [5.41, 5.74) is 5.58. The molecule has 6 heteroatoms. The molecule has 1 aromatic carbocycles. The third kappa shape index (κ3) is 3.17. The van der Waals surface area contributed by atoms with E-state index in [1.54, 1.807) is 0 Å². The van der Waals surface area contributed by atoms with E-state index in [9.17, 15) is 13.6 Å². The summed E-state index contributed by atoms with van der Waals surface area (Å²) in [7, 11) is 0. The zero-order valence-corrected chi connectivity index (χ0v) is 10.3. The molecular weight excluding hydrogens is 262 g/mol. The lowest BCUT2D eigenvalue weighted by molar-refractivity contribution is -0.116. The van der Waals surface area contributed by atoms with Gasteiger partial charge in [0, 0.05) is 18.5 Å². The molecule has 1 unspecified atom stereocenters. The van der Waals surface area contributed by atoms with Crippen molar-refractivity contribution in [1.82, 2.24) is 0 Å². The molecule has 0 heterocycles. The van der Waals surface area contributed by atoms with Gasteiger partial charge >= 0.3 is 0 Å². The van der Waals surface area contributed by atoms with Crippen LogP contribution in [0.3, 0.4) is 0 Å². The van der Waals surface area contributed by atoms with Crippen LogP contribution in [0.25, 0.3) is 0 Å². The highest BCUT2D eigenvalue weighted by molar-refractivity contribution is 6.33. The highest BCUT2D eigenvalue weighted by Crippen LogP contribution is 2.33. The maximum atomic E-state index is 13.4. The van der Waals surface area contributed by atoms with Gasteiger partial charge in [0.1, 0.15) is 5.82 Å². The minimum atomic E-state index is -0.895. The number of hydrogen-bond donors (Lipinski definition) is 2. The van der Waals surface area contributed by atoms with Gasteiger partial charge in [-0.05, 0) is 24.8 Å². The molecule has 3 N–H and O–H groups in total. The van der Waals surface area contributed by atoms with E-state index >= 15 is 0 Å². The van der Waals surface area contributed by atoms with Crippen molar-refractivity contribution >= 4 is 23.2 Å². The second kappa shape index (κ2) is 5.20. The number of hydrogen-bond acceptors (Lipinski definition) is 2. The Balaban J connectivity index is 2.02. The number of benzene rings is 1. The van der Waals surface area contributed by atoms with Crippen LogP contribution in [0.5, 0.6) is 0 Å². The second-order valence-electron chi connectivity index (χ2n) is 4.50. The zero-order valence-electron chi connectivity index (χ0n) is 9.55. The molecule has 1 amide bonds. The number of rotatable bonds is 4. The first-order chi connectivity index (χ1) is 8.47. The summed E-state index contributed by atoms with van der Waals surface area (Å²) in [6.45, 7) is 0. The Morgan fingerprint density at radius 2 is 2.17 bits per heavy atom. The fourth-order valence-electron chi connectivity index (χ4n) is 1.76. The van der Waals surface area contributed by atoms with E-state index in [0.29, 0.717) is 12.0 Å². The Morgan fingerprint density at radius 3 is 2.72 bits per heavy atom. The number of carbonyl (C=O) groups is 1. The van der Waals surface area contributed by atoms with Crippen molar-refractivity contribution in [2.75, 3.05) is 5.32 Å². The van der Waals surface area contributed by atoms with Crippen LogP contribution >= 0.6 is 11.6 Å². The van der Waals surface area contributed by atoms with Crippen molar-refractivity contribution < 1.29 is 13.6 Å². The maximum Gasteiger partial charge on any atom is 0.226 e. The standard InChI is InChI=1S/C12H13ClF2N2O/c13-8-3-7(14)4-9(15)12(8)17-11(18)5-10(16)6-1-2-6/h3-4,6,10H,1-2,5,16H2,(H,17,18). The van der Waals surface area contributed by atoms with Gasteiger partial charge in [0.25, 0.3) is 0 Å². The molecule has 2 rings (SSSR count). The lowest BCUT2D eigenvalue weighted by Crippen LogP contribution is -2.29. The number of anilines is 1. The summed E-state index contributed by atoms with van der Waals surface area (Å²) < 4.78 is 26.2. The highest BCUT2D eigenvalue weighted by Gasteiger charge is 2.30. The van der Waals surface area contributed by atoms with Gasteiger partial charge in [-0.3, -0.25) is 4.79 Å². The van der Waals surface area contributed by atoms with Crippen LogP contribution in [-0.2, 0) is 4.79 Å². The van der Waals surface area contributed by atoms with E-state index in [-0.39, 0.29) is 23.2 Å². The first-order valence-corrected chi connectivity index (χ1v) is 6.05. The first kappa shape index (κ1) is 13.2. The van der Waals surface area contributed by atoms with Crippen LogP contribution in [0.15, 0.2) is 12.1 Å². The summed E-state index contributed by atoms with van der Waals surface area (Å²) in [6.07, 6.45) is 2.16. The Labute approximate surface area is 108 Å². The number of halogens is 3. The Bertz CT molecular complexity index is 454. The number of carbonyl (C=O) groups excluding carboxylic acids is 1. The molecule has 0 bridgehead atoms. The molecule has 0 saturated heterocycles. The first-order valence-electron chi connectivity index (χ1n) is 5.67. The monoisotopic (exact) mass is 274 g/mol. The van der Waals surface area contributed by atoms with E-state index in [1.165, 1.54) is 0 Å². The molecule has 0 aromatic heterocycles. The predicted octanol–water partition coefficient (Wildman–Crippen LogP) is 2.68. The van der Waals surface area contributed by atoms with E-state index in [4.69, 9.17) is 17.3 Å². The lowest BCUT2D eigenvalue weighted by atomic mass is 10.1. The van der Waals surface area contributed by atoms with E-state index < -0.39 is 17.5 Å². The lowest BCUT2D eigenvalue weighted by Gasteiger charge is -2.12. The fourth-order valence-corrected chi connectivity index (χ4v) is 2.00. The molecule has 1 aromatic rings. The minimum absolute atomic E-state index is 0.109. The summed E-state index contributed by atoms with van der Waals surface area (Å²) in [5.74, 6) is -1.72. The molecule has 0 aliphatic heterocycles. The molecule has 1 fully saturated rings. The van der Waals surface area contributed by atoms with Crippen LogP contribution in [0, 0.1) is 17.6 Å². The predicted molar refractivity (Wildman–Crippen MR) is 65.3 cm³/mol. The van der Waals surface area contributed by atoms with E-state index in [1.807, 2.05) is 0 Å². The summed E-state index contributed by atoms with van der Waals surface area (Å²) >= 11 is 5.66. The van der Waals surface area contributed by atoms with Crippen molar-refractivity contribution in [2.24, 2.45) is 11.7 Å². The average molecular weight is 275 g/mol. The summed E-state index contributed by atoms with van der Waals surface area (Å²) in [4.78, 5) is 11.6. The van der Waals surface area contributed by atoms with Crippen LogP contribution < -0.4 is 11.1 Å². The third-order valence-electron chi connectivity index (χ3n) is 2.92. The average Bonchev–Trinajstić information content (AvgIpc) is 3.06. The van der Waals surface area contributed by atoms with Crippen LogP contribution in [0.4, 0.5) is 14.5 Å². The Hall–Kier alpha value is -1.20. The molecule has 1 aliphatic rings.